The van der Waals surface area contributed by atoms with Crippen LogP contribution in [0.1, 0.15) is 49.3 Å². The maximum Gasteiger partial charge on any atom is 0.243 e. The van der Waals surface area contributed by atoms with Gasteiger partial charge in [-0.05, 0) is 55.0 Å². The first-order valence-corrected chi connectivity index (χ1v) is 16.6. The number of carbonyl (C=O) groups excluding carboxylic acids is 3. The summed E-state index contributed by atoms with van der Waals surface area (Å²) in [5.41, 5.74) is 14.1. The number of nitrogens with zero attached hydrogens (tertiary/aromatic N) is 2. The van der Waals surface area contributed by atoms with Crippen molar-refractivity contribution in [2.45, 2.75) is 69.6 Å². The summed E-state index contributed by atoms with van der Waals surface area (Å²) in [4.78, 5) is 43.8. The van der Waals surface area contributed by atoms with Crippen molar-refractivity contribution < 1.29 is 22.8 Å². The Kier molecular flexibility index (Phi) is 11.2. The number of nitrogens with two attached hydrogens (primary N) is 2. The Morgan fingerprint density at radius 3 is 2.49 bits per heavy atom. The van der Waals surface area contributed by atoms with Crippen molar-refractivity contribution >= 4 is 39.3 Å². The van der Waals surface area contributed by atoms with E-state index < -0.39 is 33.9 Å². The lowest BCUT2D eigenvalue weighted by Crippen LogP contribution is -2.52. The van der Waals surface area contributed by atoms with Gasteiger partial charge in [0.05, 0.1) is 11.7 Å². The van der Waals surface area contributed by atoms with Crippen LogP contribution in [0, 0.1) is 5.92 Å². The second-order valence-corrected chi connectivity index (χ2v) is 13.6. The van der Waals surface area contributed by atoms with Crippen molar-refractivity contribution in [1.29, 1.82) is 0 Å². The molecule has 2 aliphatic rings. The highest BCUT2D eigenvalue weighted by Gasteiger charge is 2.41. The van der Waals surface area contributed by atoms with Crippen LogP contribution in [-0.4, -0.2) is 73.7 Å². The van der Waals surface area contributed by atoms with Gasteiger partial charge in [0.15, 0.2) is 0 Å². The molecule has 0 radical (unpaired) electrons. The monoisotopic (exact) mass is 632 g/mol. The molecular formula is C30H41ClN6O5S. The summed E-state index contributed by atoms with van der Waals surface area (Å²) in [6.07, 6.45) is 1.52. The fourth-order valence-corrected chi connectivity index (χ4v) is 7.42. The standard InChI is InChI=1S/C30H41ClN6O5S/c1-20(35-43(41,42)19-21-6-3-2-4-7-21)26(15-28(38)36-13-11-25(33)18-36)30(40)37-12-5-8-27(37)29(39)34-17-23-14-24(31)10-9-22(23)16-32/h2-4,6-7,9-10,14,20,25-27,35H,5,8,11-13,15-19,32-33H2,1H3,(H,34,39). The lowest BCUT2D eigenvalue weighted by atomic mass is 9.95. The van der Waals surface area contributed by atoms with Gasteiger partial charge in [-0.2, -0.15) is 0 Å². The maximum atomic E-state index is 14.1. The summed E-state index contributed by atoms with van der Waals surface area (Å²) in [6.45, 7) is 3.26. The van der Waals surface area contributed by atoms with Crippen molar-refractivity contribution in [3.8, 4) is 0 Å². The van der Waals surface area contributed by atoms with Gasteiger partial charge in [0.25, 0.3) is 0 Å². The van der Waals surface area contributed by atoms with Gasteiger partial charge < -0.3 is 26.6 Å². The molecule has 4 rings (SSSR count). The molecule has 11 nitrogen and oxygen atoms in total. The van der Waals surface area contributed by atoms with Gasteiger partial charge in [-0.3, -0.25) is 14.4 Å². The molecule has 4 atom stereocenters. The van der Waals surface area contributed by atoms with Gasteiger partial charge in [-0.1, -0.05) is 48.0 Å². The number of likely N-dealkylation sites (tertiary alicyclic amines) is 2. The second kappa shape index (κ2) is 14.6. The third-order valence-electron chi connectivity index (χ3n) is 8.14. The normalized spacial score (nSPS) is 20.2. The Morgan fingerprint density at radius 1 is 1.07 bits per heavy atom. The number of hydrogen-bond acceptors (Lipinski definition) is 7. The molecule has 2 aromatic carbocycles. The van der Waals surface area contributed by atoms with E-state index >= 15 is 0 Å². The molecule has 234 valence electrons. The molecule has 0 bridgehead atoms. The number of sulfonamides is 1. The van der Waals surface area contributed by atoms with Gasteiger partial charge in [0.1, 0.15) is 6.04 Å². The van der Waals surface area contributed by atoms with E-state index in [-0.39, 0.29) is 43.1 Å². The Balaban J connectivity index is 1.50. The lowest BCUT2D eigenvalue weighted by Gasteiger charge is -2.32. The van der Waals surface area contributed by atoms with Crippen LogP contribution in [-0.2, 0) is 43.2 Å². The smallest absolute Gasteiger partial charge is 0.243 e. The van der Waals surface area contributed by atoms with Gasteiger partial charge >= 0.3 is 0 Å². The highest BCUT2D eigenvalue weighted by atomic mass is 35.5. The van der Waals surface area contributed by atoms with E-state index in [4.69, 9.17) is 23.1 Å². The molecule has 2 heterocycles. The Morgan fingerprint density at radius 2 is 1.81 bits per heavy atom. The molecule has 4 unspecified atom stereocenters. The molecule has 2 saturated heterocycles. The number of rotatable bonds is 12. The fourth-order valence-electron chi connectivity index (χ4n) is 5.78. The summed E-state index contributed by atoms with van der Waals surface area (Å²) in [7, 11) is -3.84. The van der Waals surface area contributed by atoms with E-state index in [0.717, 1.165) is 11.1 Å². The molecular weight excluding hydrogens is 592 g/mol. The van der Waals surface area contributed by atoms with Crippen LogP contribution in [0.5, 0.6) is 0 Å². The quantitative estimate of drug-likeness (QED) is 0.275. The van der Waals surface area contributed by atoms with E-state index in [0.29, 0.717) is 49.5 Å². The van der Waals surface area contributed by atoms with Gasteiger partial charge in [0, 0.05) is 56.3 Å². The number of amides is 3. The first kappa shape index (κ1) is 32.9. The predicted octanol–water partition coefficient (Wildman–Crippen LogP) is 1.48. The van der Waals surface area contributed by atoms with E-state index in [2.05, 4.69) is 10.0 Å². The van der Waals surface area contributed by atoms with E-state index in [1.165, 1.54) is 4.90 Å². The number of nitrogens with one attached hydrogen (secondary N) is 2. The minimum Gasteiger partial charge on any atom is -0.350 e. The number of benzene rings is 2. The number of carbonyl (C=O) groups is 3. The van der Waals surface area contributed by atoms with Gasteiger partial charge in [-0.25, -0.2) is 13.1 Å². The molecule has 2 fully saturated rings. The largest absolute Gasteiger partial charge is 0.350 e. The summed E-state index contributed by atoms with van der Waals surface area (Å²) in [5, 5.41) is 3.43. The fraction of sp³-hybridized carbons (Fsp3) is 0.500. The Bertz CT molecular complexity index is 1410. The number of halogens is 1. The highest BCUT2D eigenvalue weighted by Crippen LogP contribution is 2.25. The molecule has 3 amide bonds. The van der Waals surface area contributed by atoms with Crippen molar-refractivity contribution in [3.05, 3.63) is 70.2 Å². The Labute approximate surface area is 258 Å². The molecule has 0 saturated carbocycles. The molecule has 2 aromatic rings. The first-order chi connectivity index (χ1) is 20.5. The molecule has 13 heteroatoms. The minimum absolute atomic E-state index is 0.133. The van der Waals surface area contributed by atoms with E-state index in [1.54, 1.807) is 54.3 Å². The van der Waals surface area contributed by atoms with E-state index in [1.807, 2.05) is 6.07 Å². The van der Waals surface area contributed by atoms with Crippen LogP contribution >= 0.6 is 11.6 Å². The van der Waals surface area contributed by atoms with Crippen LogP contribution < -0.4 is 21.5 Å². The third-order valence-corrected chi connectivity index (χ3v) is 9.82. The SMILES string of the molecule is CC(NS(=O)(=O)Cc1ccccc1)C(CC(=O)N1CCC(N)C1)C(=O)N1CCCC1C(=O)NCc1cc(Cl)ccc1CN. The lowest BCUT2D eigenvalue weighted by molar-refractivity contribution is -0.145. The molecule has 0 spiro atoms. The zero-order valence-corrected chi connectivity index (χ0v) is 25.9. The zero-order valence-electron chi connectivity index (χ0n) is 24.4. The highest BCUT2D eigenvalue weighted by molar-refractivity contribution is 7.88. The molecule has 6 N–H and O–H groups in total. The topological polar surface area (TPSA) is 168 Å². The average Bonchev–Trinajstić information content (AvgIpc) is 3.64. The van der Waals surface area contributed by atoms with E-state index in [9.17, 15) is 22.8 Å². The Hall–Kier alpha value is -3.03. The third kappa shape index (κ3) is 8.76. The van der Waals surface area contributed by atoms with Gasteiger partial charge in [0.2, 0.25) is 27.7 Å². The van der Waals surface area contributed by atoms with Crippen LogP contribution in [0.3, 0.4) is 0 Å². The average molecular weight is 633 g/mol. The summed E-state index contributed by atoms with van der Waals surface area (Å²) >= 11 is 6.14. The van der Waals surface area contributed by atoms with Crippen molar-refractivity contribution in [1.82, 2.24) is 19.8 Å². The molecule has 2 aliphatic heterocycles. The summed E-state index contributed by atoms with van der Waals surface area (Å²) in [5.74, 6) is -2.32. The minimum atomic E-state index is -3.84. The second-order valence-electron chi connectivity index (χ2n) is 11.4. The summed E-state index contributed by atoms with van der Waals surface area (Å²) in [6, 6.07) is 12.2. The molecule has 0 aliphatic carbocycles. The van der Waals surface area contributed by atoms with Gasteiger partial charge in [-0.15, -0.1) is 0 Å². The summed E-state index contributed by atoms with van der Waals surface area (Å²) < 4.78 is 28.8. The van der Waals surface area contributed by atoms with Crippen molar-refractivity contribution in [2.75, 3.05) is 19.6 Å². The van der Waals surface area contributed by atoms with Crippen molar-refractivity contribution in [3.63, 3.8) is 0 Å². The predicted molar refractivity (Wildman–Crippen MR) is 165 cm³/mol. The maximum absolute atomic E-state index is 14.1. The first-order valence-electron chi connectivity index (χ1n) is 14.6. The molecule has 0 aromatic heterocycles. The van der Waals surface area contributed by atoms with Crippen molar-refractivity contribution in [2.24, 2.45) is 17.4 Å². The number of hydrogen-bond donors (Lipinski definition) is 4. The van der Waals surface area contributed by atoms with Crippen LogP contribution in [0.2, 0.25) is 5.02 Å². The van der Waals surface area contributed by atoms with Crippen LogP contribution in [0.25, 0.3) is 0 Å². The zero-order chi connectivity index (χ0) is 31.1. The van der Waals surface area contributed by atoms with Crippen LogP contribution in [0.15, 0.2) is 48.5 Å². The molecule has 43 heavy (non-hydrogen) atoms. The van der Waals surface area contributed by atoms with Crippen LogP contribution in [0.4, 0.5) is 0 Å².